The summed E-state index contributed by atoms with van der Waals surface area (Å²) in [5.74, 6) is -0.370. The Hall–Kier alpha value is -1.92. The van der Waals surface area contributed by atoms with Gasteiger partial charge in [0.1, 0.15) is 0 Å². The molecule has 86 valence electrons. The molecule has 0 aliphatic heterocycles. The maximum absolute atomic E-state index is 11.5. The number of carbonyl (C=O) groups is 2. The van der Waals surface area contributed by atoms with Gasteiger partial charge in [-0.05, 0) is 12.8 Å². The fourth-order valence-electron chi connectivity index (χ4n) is 1.73. The molecule has 0 unspecified atom stereocenters. The van der Waals surface area contributed by atoms with Crippen LogP contribution in [0.4, 0.5) is 10.6 Å². The van der Waals surface area contributed by atoms with Gasteiger partial charge < -0.3 is 4.74 Å². The van der Waals surface area contributed by atoms with Crippen LogP contribution in [0, 0.1) is 5.92 Å². The van der Waals surface area contributed by atoms with Crippen molar-refractivity contribution in [3.05, 3.63) is 6.20 Å². The van der Waals surface area contributed by atoms with Crippen LogP contribution in [-0.4, -0.2) is 27.5 Å². The predicted molar refractivity (Wildman–Crippen MR) is 53.5 cm³/mol. The highest BCUT2D eigenvalue weighted by atomic mass is 16.6. The van der Waals surface area contributed by atoms with Crippen LogP contribution in [0.3, 0.4) is 0 Å². The Labute approximate surface area is 91.6 Å². The zero-order valence-electron chi connectivity index (χ0n) is 8.60. The second-order valence-corrected chi connectivity index (χ2v) is 3.67. The van der Waals surface area contributed by atoms with Crippen LogP contribution in [0.5, 0.6) is 0 Å². The zero-order valence-corrected chi connectivity index (χ0v) is 8.60. The maximum Gasteiger partial charge on any atom is 0.420 e. The number of anilines is 1. The van der Waals surface area contributed by atoms with E-state index in [2.05, 4.69) is 25.5 Å². The van der Waals surface area contributed by atoms with E-state index in [1.54, 1.807) is 0 Å². The van der Waals surface area contributed by atoms with E-state index in [1.807, 2.05) is 0 Å². The topological polar surface area (TPSA) is 97.0 Å². The Morgan fingerprint density at radius 1 is 1.44 bits per heavy atom. The molecule has 2 N–H and O–H groups in total. The van der Waals surface area contributed by atoms with E-state index in [0.29, 0.717) is 0 Å². The average Bonchev–Trinajstić information content (AvgIpc) is 2.88. The Kier molecular flexibility index (Phi) is 3.13. The summed E-state index contributed by atoms with van der Waals surface area (Å²) in [7, 11) is 0. The van der Waals surface area contributed by atoms with Crippen molar-refractivity contribution in [2.24, 2.45) is 5.92 Å². The third-order valence-electron chi connectivity index (χ3n) is 2.53. The minimum atomic E-state index is -0.814. The molecule has 1 saturated carbocycles. The second kappa shape index (κ2) is 4.73. The summed E-state index contributed by atoms with van der Waals surface area (Å²) < 4.78 is 4.64. The van der Waals surface area contributed by atoms with Crippen LogP contribution in [0.2, 0.25) is 0 Å². The number of rotatable bonds is 2. The van der Waals surface area contributed by atoms with E-state index in [1.165, 1.54) is 6.20 Å². The molecule has 7 nitrogen and oxygen atoms in total. The van der Waals surface area contributed by atoms with Crippen molar-refractivity contribution in [3.63, 3.8) is 0 Å². The minimum Gasteiger partial charge on any atom is -0.376 e. The molecule has 0 bridgehead atoms. The van der Waals surface area contributed by atoms with Crippen molar-refractivity contribution < 1.29 is 14.3 Å². The Morgan fingerprint density at radius 3 is 2.81 bits per heavy atom. The number of aromatic nitrogens is 3. The fraction of sp³-hybridized carbons (Fsp3) is 0.556. The largest absolute Gasteiger partial charge is 0.420 e. The van der Waals surface area contributed by atoms with Gasteiger partial charge in [0.05, 0.1) is 12.1 Å². The lowest BCUT2D eigenvalue weighted by Gasteiger charge is -2.07. The average molecular weight is 224 g/mol. The van der Waals surface area contributed by atoms with Crippen LogP contribution in [0.25, 0.3) is 0 Å². The summed E-state index contributed by atoms with van der Waals surface area (Å²) in [6, 6.07) is 0. The lowest BCUT2D eigenvalue weighted by Crippen LogP contribution is -2.23. The third kappa shape index (κ3) is 2.56. The van der Waals surface area contributed by atoms with E-state index in [4.69, 9.17) is 0 Å². The van der Waals surface area contributed by atoms with Gasteiger partial charge in [0.2, 0.25) is 0 Å². The third-order valence-corrected chi connectivity index (χ3v) is 2.53. The molecule has 1 fully saturated rings. The van der Waals surface area contributed by atoms with Gasteiger partial charge in [0, 0.05) is 0 Å². The van der Waals surface area contributed by atoms with Gasteiger partial charge in [-0.25, -0.2) is 4.79 Å². The summed E-state index contributed by atoms with van der Waals surface area (Å²) in [5, 5.41) is 11.7. The number of aromatic amines is 1. The molecule has 1 aromatic heterocycles. The van der Waals surface area contributed by atoms with E-state index < -0.39 is 12.1 Å². The Balaban J connectivity index is 1.80. The SMILES string of the molecule is O=C(Nc1cn[nH]n1)OC(=O)C1CCCC1. The molecule has 0 spiro atoms. The first kappa shape index (κ1) is 10.6. The molecule has 7 heteroatoms. The summed E-state index contributed by atoms with van der Waals surface area (Å²) in [6.07, 6.45) is 4.15. The molecule has 16 heavy (non-hydrogen) atoms. The number of H-pyrrole nitrogens is 1. The van der Waals surface area contributed by atoms with Crippen molar-refractivity contribution in [3.8, 4) is 0 Å². The summed E-state index contributed by atoms with van der Waals surface area (Å²) >= 11 is 0. The number of esters is 1. The van der Waals surface area contributed by atoms with Crippen molar-refractivity contribution in [1.29, 1.82) is 0 Å². The van der Waals surface area contributed by atoms with Crippen LogP contribution >= 0.6 is 0 Å². The fourth-order valence-corrected chi connectivity index (χ4v) is 1.73. The monoisotopic (exact) mass is 224 g/mol. The van der Waals surface area contributed by atoms with Crippen molar-refractivity contribution in [2.45, 2.75) is 25.7 Å². The number of carbonyl (C=O) groups excluding carboxylic acids is 2. The number of ether oxygens (including phenoxy) is 1. The molecule has 1 amide bonds. The van der Waals surface area contributed by atoms with Crippen molar-refractivity contribution in [1.82, 2.24) is 15.4 Å². The first-order chi connectivity index (χ1) is 7.75. The van der Waals surface area contributed by atoms with Crippen molar-refractivity contribution >= 4 is 17.9 Å². The minimum absolute atomic E-state index is 0.136. The number of amides is 1. The van der Waals surface area contributed by atoms with E-state index in [9.17, 15) is 9.59 Å². The van der Waals surface area contributed by atoms with Gasteiger partial charge in [-0.3, -0.25) is 10.1 Å². The normalized spacial score (nSPS) is 16.0. The standard InChI is InChI=1S/C9H12N4O3/c14-8(6-3-1-2-4-6)16-9(15)11-7-5-10-13-12-7/h5-6H,1-4H2,(H2,10,11,12,13,15). The molecule has 0 saturated heterocycles. The molecule has 2 rings (SSSR count). The second-order valence-electron chi connectivity index (χ2n) is 3.67. The molecule has 0 atom stereocenters. The van der Waals surface area contributed by atoms with Gasteiger partial charge in [0.15, 0.2) is 5.82 Å². The first-order valence-corrected chi connectivity index (χ1v) is 5.14. The van der Waals surface area contributed by atoms with Crippen LogP contribution in [0.15, 0.2) is 6.20 Å². The van der Waals surface area contributed by atoms with Gasteiger partial charge in [0.25, 0.3) is 0 Å². The maximum atomic E-state index is 11.5. The van der Waals surface area contributed by atoms with Gasteiger partial charge in [-0.1, -0.05) is 12.8 Å². The van der Waals surface area contributed by atoms with Crippen molar-refractivity contribution in [2.75, 3.05) is 5.32 Å². The number of hydrogen-bond donors (Lipinski definition) is 2. The van der Waals surface area contributed by atoms with E-state index >= 15 is 0 Å². The molecule has 0 aromatic carbocycles. The molecule has 0 radical (unpaired) electrons. The first-order valence-electron chi connectivity index (χ1n) is 5.14. The van der Waals surface area contributed by atoms with Crippen LogP contribution in [0.1, 0.15) is 25.7 Å². The lowest BCUT2D eigenvalue weighted by atomic mass is 10.1. The van der Waals surface area contributed by atoms with Gasteiger partial charge in [-0.15, -0.1) is 5.10 Å². The summed E-state index contributed by atoms with van der Waals surface area (Å²) in [6.45, 7) is 0. The van der Waals surface area contributed by atoms with E-state index in [-0.39, 0.29) is 11.7 Å². The number of nitrogens with one attached hydrogen (secondary N) is 2. The Bertz CT molecular complexity index is 370. The zero-order chi connectivity index (χ0) is 11.4. The molecule has 1 aliphatic rings. The highest BCUT2D eigenvalue weighted by Crippen LogP contribution is 2.25. The predicted octanol–water partition coefficient (Wildman–Crippen LogP) is 1.07. The molecular formula is C9H12N4O3. The number of nitrogens with zero attached hydrogens (tertiary/aromatic N) is 2. The number of hydrogen-bond acceptors (Lipinski definition) is 5. The van der Waals surface area contributed by atoms with Gasteiger partial charge >= 0.3 is 12.1 Å². The molecule has 1 heterocycles. The lowest BCUT2D eigenvalue weighted by molar-refractivity contribution is -0.141. The van der Waals surface area contributed by atoms with Crippen LogP contribution in [-0.2, 0) is 9.53 Å². The Morgan fingerprint density at radius 2 is 2.19 bits per heavy atom. The molecular weight excluding hydrogens is 212 g/mol. The smallest absolute Gasteiger partial charge is 0.376 e. The summed E-state index contributed by atoms with van der Waals surface area (Å²) in [5.41, 5.74) is 0. The molecule has 1 aliphatic carbocycles. The highest BCUT2D eigenvalue weighted by Gasteiger charge is 2.26. The van der Waals surface area contributed by atoms with Crippen LogP contribution < -0.4 is 5.32 Å². The highest BCUT2D eigenvalue weighted by molar-refractivity contribution is 5.92. The van der Waals surface area contributed by atoms with Gasteiger partial charge in [-0.2, -0.15) is 10.3 Å². The molecule has 1 aromatic rings. The quantitative estimate of drug-likeness (QED) is 0.578. The summed E-state index contributed by atoms with van der Waals surface area (Å²) in [4.78, 5) is 22.7. The van der Waals surface area contributed by atoms with E-state index in [0.717, 1.165) is 25.7 Å².